The molecular weight excluding hydrogens is 380 g/mol. The average molecular weight is 408 g/mol. The van der Waals surface area contributed by atoms with E-state index in [1.807, 2.05) is 69.0 Å². The number of benzene rings is 2. The summed E-state index contributed by atoms with van der Waals surface area (Å²) in [6.45, 7) is 8.72. The summed E-state index contributed by atoms with van der Waals surface area (Å²) in [5, 5.41) is 0. The fourth-order valence-corrected chi connectivity index (χ4v) is 4.19. The third-order valence-electron chi connectivity index (χ3n) is 5.69. The van der Waals surface area contributed by atoms with Crippen molar-refractivity contribution in [2.45, 2.75) is 45.3 Å². The lowest BCUT2D eigenvalue weighted by atomic mass is 9.74. The molecule has 4 rings (SSSR count). The molecule has 30 heavy (non-hydrogen) atoms. The van der Waals surface area contributed by atoms with E-state index in [-0.39, 0.29) is 12.0 Å². The molecule has 158 valence electrons. The molecule has 1 spiro atoms. The number of anilines is 1. The molecule has 0 atom stereocenters. The first kappa shape index (κ1) is 20.3. The summed E-state index contributed by atoms with van der Waals surface area (Å²) in [6.07, 6.45) is -0.372. The van der Waals surface area contributed by atoms with Gasteiger partial charge in [0, 0.05) is 18.8 Å². The van der Waals surface area contributed by atoms with Gasteiger partial charge in [-0.25, -0.2) is 4.79 Å². The zero-order chi connectivity index (χ0) is 21.7. The molecule has 0 radical (unpaired) electrons. The molecule has 2 aliphatic heterocycles. The number of carbonyl (C=O) groups excluding carboxylic acids is 2. The van der Waals surface area contributed by atoms with Gasteiger partial charge in [-0.15, -0.1) is 0 Å². The van der Waals surface area contributed by atoms with Crippen LogP contribution in [0.5, 0.6) is 5.75 Å². The highest BCUT2D eigenvalue weighted by Gasteiger charge is 2.59. The standard InChI is InChI=1S/C24H28N2O4/c1-16-6-11-19-20(12-16)26(13-17-7-9-18(29-5)10-8-17)21(27)24(19)14-25(15-24)22(28)30-23(2,3)4/h6-12H,13-15H2,1-5H3. The highest BCUT2D eigenvalue weighted by atomic mass is 16.6. The zero-order valence-corrected chi connectivity index (χ0v) is 18.2. The minimum Gasteiger partial charge on any atom is -0.497 e. The largest absolute Gasteiger partial charge is 0.497 e. The number of ether oxygens (including phenoxy) is 2. The number of nitrogens with zero attached hydrogens (tertiary/aromatic N) is 2. The molecule has 0 aromatic heterocycles. The van der Waals surface area contributed by atoms with Gasteiger partial charge in [0.15, 0.2) is 0 Å². The van der Waals surface area contributed by atoms with Gasteiger partial charge in [-0.05, 0) is 62.6 Å². The molecule has 6 heteroatoms. The van der Waals surface area contributed by atoms with E-state index in [1.165, 1.54) is 0 Å². The van der Waals surface area contributed by atoms with Crippen LogP contribution in [-0.4, -0.2) is 42.7 Å². The van der Waals surface area contributed by atoms with Crippen LogP contribution in [0.3, 0.4) is 0 Å². The minimum atomic E-state index is -0.688. The molecule has 0 N–H and O–H groups in total. The molecule has 6 nitrogen and oxygen atoms in total. The molecule has 2 aromatic carbocycles. The number of carbonyl (C=O) groups is 2. The number of hydrogen-bond donors (Lipinski definition) is 0. The first-order valence-corrected chi connectivity index (χ1v) is 10.2. The van der Waals surface area contributed by atoms with E-state index >= 15 is 0 Å². The van der Waals surface area contributed by atoms with Crippen LogP contribution in [-0.2, 0) is 21.5 Å². The van der Waals surface area contributed by atoms with Gasteiger partial charge in [0.2, 0.25) is 5.91 Å². The molecule has 1 fully saturated rings. The van der Waals surface area contributed by atoms with E-state index in [1.54, 1.807) is 12.0 Å². The second kappa shape index (κ2) is 7.04. The maximum atomic E-state index is 13.6. The summed E-state index contributed by atoms with van der Waals surface area (Å²) < 4.78 is 10.7. The van der Waals surface area contributed by atoms with E-state index in [9.17, 15) is 9.59 Å². The van der Waals surface area contributed by atoms with Crippen LogP contribution < -0.4 is 9.64 Å². The van der Waals surface area contributed by atoms with Gasteiger partial charge in [-0.2, -0.15) is 0 Å². The lowest BCUT2D eigenvalue weighted by Gasteiger charge is -2.46. The Morgan fingerprint density at radius 2 is 1.77 bits per heavy atom. The molecule has 2 amide bonds. The van der Waals surface area contributed by atoms with Crippen LogP contribution in [0.1, 0.15) is 37.5 Å². The summed E-state index contributed by atoms with van der Waals surface area (Å²) in [7, 11) is 1.63. The summed E-state index contributed by atoms with van der Waals surface area (Å²) >= 11 is 0. The molecule has 0 unspecified atom stereocenters. The zero-order valence-electron chi connectivity index (χ0n) is 18.2. The molecule has 2 aliphatic rings. The fraction of sp³-hybridized carbons (Fsp3) is 0.417. The number of likely N-dealkylation sites (tertiary alicyclic amines) is 1. The van der Waals surface area contributed by atoms with Gasteiger partial charge in [0.1, 0.15) is 16.8 Å². The molecule has 2 aromatic rings. The molecular formula is C24H28N2O4. The van der Waals surface area contributed by atoms with Gasteiger partial charge in [0.25, 0.3) is 0 Å². The quantitative estimate of drug-likeness (QED) is 0.769. The monoisotopic (exact) mass is 408 g/mol. The van der Waals surface area contributed by atoms with Crippen LogP contribution in [0, 0.1) is 6.92 Å². The topological polar surface area (TPSA) is 59.1 Å². The fourth-order valence-electron chi connectivity index (χ4n) is 4.19. The lowest BCUT2D eigenvalue weighted by Crippen LogP contribution is -2.65. The van der Waals surface area contributed by atoms with Crippen molar-refractivity contribution in [2.24, 2.45) is 0 Å². The Balaban J connectivity index is 1.60. The Morgan fingerprint density at radius 1 is 1.10 bits per heavy atom. The van der Waals surface area contributed by atoms with Gasteiger partial charge in [-0.3, -0.25) is 4.79 Å². The predicted molar refractivity (Wildman–Crippen MR) is 115 cm³/mol. The Bertz CT molecular complexity index is 985. The van der Waals surface area contributed by atoms with Crippen molar-refractivity contribution in [3.8, 4) is 5.75 Å². The smallest absolute Gasteiger partial charge is 0.410 e. The third-order valence-corrected chi connectivity index (χ3v) is 5.69. The maximum absolute atomic E-state index is 13.6. The van der Waals surface area contributed by atoms with Crippen molar-refractivity contribution in [1.29, 1.82) is 0 Å². The molecule has 0 bridgehead atoms. The lowest BCUT2D eigenvalue weighted by molar-refractivity contribution is -0.129. The van der Waals surface area contributed by atoms with Crippen LogP contribution in [0.15, 0.2) is 42.5 Å². The van der Waals surface area contributed by atoms with Gasteiger partial charge >= 0.3 is 6.09 Å². The number of fused-ring (bicyclic) bond motifs is 2. The van der Waals surface area contributed by atoms with E-state index in [0.29, 0.717) is 19.6 Å². The Hall–Kier alpha value is -3.02. The van der Waals surface area contributed by atoms with Crippen molar-refractivity contribution >= 4 is 17.7 Å². The molecule has 2 heterocycles. The average Bonchev–Trinajstić information content (AvgIpc) is 2.88. The van der Waals surface area contributed by atoms with Crippen LogP contribution >= 0.6 is 0 Å². The van der Waals surface area contributed by atoms with Crippen molar-refractivity contribution in [1.82, 2.24) is 4.90 Å². The van der Waals surface area contributed by atoms with E-state index < -0.39 is 11.0 Å². The minimum absolute atomic E-state index is 0.0405. The van der Waals surface area contributed by atoms with Gasteiger partial charge in [0.05, 0.1) is 13.7 Å². The Kier molecular flexibility index (Phi) is 4.76. The van der Waals surface area contributed by atoms with E-state index in [4.69, 9.17) is 9.47 Å². The summed E-state index contributed by atoms with van der Waals surface area (Å²) in [4.78, 5) is 29.5. The third kappa shape index (κ3) is 3.40. The number of aryl methyl sites for hydroxylation is 1. The van der Waals surface area contributed by atoms with Crippen LogP contribution in [0.2, 0.25) is 0 Å². The Labute approximate surface area is 177 Å². The SMILES string of the molecule is COc1ccc(CN2C(=O)C3(CN(C(=O)OC(C)(C)C)C3)c3ccc(C)cc32)cc1. The summed E-state index contributed by atoms with van der Waals surface area (Å²) in [6, 6.07) is 13.9. The normalized spacial score (nSPS) is 17.0. The predicted octanol–water partition coefficient (Wildman–Crippen LogP) is 4.04. The van der Waals surface area contributed by atoms with E-state index in [0.717, 1.165) is 28.1 Å². The maximum Gasteiger partial charge on any atom is 0.410 e. The number of methoxy groups -OCH3 is 1. The van der Waals surface area contributed by atoms with E-state index in [2.05, 4.69) is 6.07 Å². The second-order valence-electron chi connectivity index (χ2n) is 9.18. The summed E-state index contributed by atoms with van der Waals surface area (Å²) in [5.41, 5.74) is 2.80. The van der Waals surface area contributed by atoms with Gasteiger partial charge < -0.3 is 19.3 Å². The van der Waals surface area contributed by atoms with Gasteiger partial charge in [-0.1, -0.05) is 24.3 Å². The second-order valence-corrected chi connectivity index (χ2v) is 9.18. The molecule has 0 saturated carbocycles. The number of rotatable bonds is 3. The number of amides is 2. The first-order chi connectivity index (χ1) is 14.1. The van der Waals surface area contributed by atoms with Crippen LogP contribution in [0.4, 0.5) is 10.5 Å². The Morgan fingerprint density at radius 3 is 2.37 bits per heavy atom. The summed E-state index contributed by atoms with van der Waals surface area (Å²) in [5.74, 6) is 0.824. The van der Waals surface area contributed by atoms with Crippen molar-refractivity contribution < 1.29 is 19.1 Å². The van der Waals surface area contributed by atoms with Crippen molar-refractivity contribution in [2.75, 3.05) is 25.1 Å². The molecule has 1 saturated heterocycles. The first-order valence-electron chi connectivity index (χ1n) is 10.2. The van der Waals surface area contributed by atoms with Crippen molar-refractivity contribution in [3.05, 3.63) is 59.2 Å². The molecule has 0 aliphatic carbocycles. The number of hydrogen-bond acceptors (Lipinski definition) is 4. The highest BCUT2D eigenvalue weighted by Crippen LogP contribution is 2.48. The van der Waals surface area contributed by atoms with Crippen LogP contribution in [0.25, 0.3) is 0 Å². The highest BCUT2D eigenvalue weighted by molar-refractivity contribution is 6.10. The van der Waals surface area contributed by atoms with Crippen molar-refractivity contribution in [3.63, 3.8) is 0 Å².